The van der Waals surface area contributed by atoms with Gasteiger partial charge in [0.05, 0.1) is 6.04 Å². The third kappa shape index (κ3) is 2.92. The van der Waals surface area contributed by atoms with Gasteiger partial charge in [0, 0.05) is 22.9 Å². The second-order valence-corrected chi connectivity index (χ2v) is 8.12. The molecule has 1 amide bonds. The Balaban J connectivity index is 1.89. The number of para-hydroxylation sites is 1. The van der Waals surface area contributed by atoms with Gasteiger partial charge in [-0.3, -0.25) is 4.79 Å². The van der Waals surface area contributed by atoms with Crippen molar-refractivity contribution >= 4 is 33.2 Å². The number of nitrogens with one attached hydrogen (secondary N) is 1. The fraction of sp³-hybridized carbons (Fsp3) is 0.208. The van der Waals surface area contributed by atoms with Crippen LogP contribution in [0.15, 0.2) is 83.3 Å². The predicted octanol–water partition coefficient (Wildman–Crippen LogP) is 5.93. The van der Waals surface area contributed by atoms with E-state index in [9.17, 15) is 4.79 Å². The molecule has 0 aromatic heterocycles. The highest BCUT2D eigenvalue weighted by molar-refractivity contribution is 9.10. The number of likely N-dealkylation sites (N-methyl/N-ethyl adjacent to an activating group) is 1. The molecular formula is C24H23BrN2O. The number of benzene rings is 3. The largest absolute Gasteiger partial charge is 0.377 e. The molecule has 0 saturated heterocycles. The van der Waals surface area contributed by atoms with Gasteiger partial charge in [0.25, 0.3) is 0 Å². The molecule has 0 radical (unpaired) electrons. The van der Waals surface area contributed by atoms with Crippen LogP contribution in [0.25, 0.3) is 0 Å². The van der Waals surface area contributed by atoms with E-state index < -0.39 is 5.41 Å². The molecule has 0 aliphatic carbocycles. The zero-order valence-electron chi connectivity index (χ0n) is 16.0. The fourth-order valence-corrected chi connectivity index (χ4v) is 4.61. The van der Waals surface area contributed by atoms with Crippen LogP contribution in [-0.2, 0) is 10.2 Å². The second kappa shape index (κ2) is 7.44. The van der Waals surface area contributed by atoms with Crippen LogP contribution in [0.3, 0.4) is 0 Å². The van der Waals surface area contributed by atoms with Gasteiger partial charge in [-0.15, -0.1) is 0 Å². The number of fused-ring (bicyclic) bond motifs is 1. The van der Waals surface area contributed by atoms with Gasteiger partial charge in [0.2, 0.25) is 5.91 Å². The SMILES string of the molecule is CC[C@@]1([C@@H](Nc2ccc(Br)cc2)c2ccccc2)C(=O)N(C)c2ccccc21. The average Bonchev–Trinajstić information content (AvgIpc) is 2.96. The summed E-state index contributed by atoms with van der Waals surface area (Å²) in [6, 6.07) is 26.3. The van der Waals surface area contributed by atoms with E-state index in [0.717, 1.165) is 27.0 Å². The molecule has 0 spiro atoms. The molecule has 0 fully saturated rings. The molecule has 4 rings (SSSR count). The maximum absolute atomic E-state index is 13.7. The predicted molar refractivity (Wildman–Crippen MR) is 119 cm³/mol. The van der Waals surface area contributed by atoms with E-state index in [2.05, 4.69) is 46.4 Å². The zero-order valence-corrected chi connectivity index (χ0v) is 17.6. The Bertz CT molecular complexity index is 987. The highest BCUT2D eigenvalue weighted by Gasteiger charge is 2.54. The van der Waals surface area contributed by atoms with E-state index >= 15 is 0 Å². The maximum atomic E-state index is 13.7. The van der Waals surface area contributed by atoms with Crippen LogP contribution in [0.1, 0.15) is 30.5 Å². The Hall–Kier alpha value is -2.59. The monoisotopic (exact) mass is 434 g/mol. The van der Waals surface area contributed by atoms with Gasteiger partial charge in [0.1, 0.15) is 5.41 Å². The van der Waals surface area contributed by atoms with Crippen LogP contribution >= 0.6 is 15.9 Å². The van der Waals surface area contributed by atoms with Crippen molar-refractivity contribution in [3.63, 3.8) is 0 Å². The molecular weight excluding hydrogens is 412 g/mol. The molecule has 1 heterocycles. The quantitative estimate of drug-likeness (QED) is 0.539. The van der Waals surface area contributed by atoms with Crippen LogP contribution in [0.5, 0.6) is 0 Å². The Labute approximate surface area is 174 Å². The summed E-state index contributed by atoms with van der Waals surface area (Å²) in [5.41, 5.74) is 3.51. The number of nitrogens with zero attached hydrogens (tertiary/aromatic N) is 1. The summed E-state index contributed by atoms with van der Waals surface area (Å²) < 4.78 is 1.03. The fourth-order valence-electron chi connectivity index (χ4n) is 4.34. The lowest BCUT2D eigenvalue weighted by molar-refractivity contribution is -0.123. The highest BCUT2D eigenvalue weighted by Crippen LogP contribution is 2.51. The topological polar surface area (TPSA) is 32.3 Å². The Morgan fingerprint density at radius 2 is 1.61 bits per heavy atom. The van der Waals surface area contributed by atoms with Crippen LogP contribution in [0, 0.1) is 0 Å². The third-order valence-electron chi connectivity index (χ3n) is 5.77. The van der Waals surface area contributed by atoms with E-state index in [1.165, 1.54) is 0 Å². The molecule has 3 aromatic rings. The number of carbonyl (C=O) groups excluding carboxylic acids is 1. The van der Waals surface area contributed by atoms with E-state index in [-0.39, 0.29) is 11.9 Å². The van der Waals surface area contributed by atoms with Gasteiger partial charge in [-0.05, 0) is 47.9 Å². The van der Waals surface area contributed by atoms with E-state index in [1.54, 1.807) is 4.90 Å². The van der Waals surface area contributed by atoms with Gasteiger partial charge in [0.15, 0.2) is 0 Å². The number of hydrogen-bond donors (Lipinski definition) is 1. The first-order valence-electron chi connectivity index (χ1n) is 9.52. The Kier molecular flexibility index (Phi) is 4.98. The highest BCUT2D eigenvalue weighted by atomic mass is 79.9. The first-order chi connectivity index (χ1) is 13.6. The van der Waals surface area contributed by atoms with E-state index in [4.69, 9.17) is 0 Å². The Morgan fingerprint density at radius 3 is 2.29 bits per heavy atom. The minimum Gasteiger partial charge on any atom is -0.377 e. The van der Waals surface area contributed by atoms with Crippen molar-refractivity contribution in [1.29, 1.82) is 0 Å². The maximum Gasteiger partial charge on any atom is 0.239 e. The minimum atomic E-state index is -0.667. The smallest absolute Gasteiger partial charge is 0.239 e. The van der Waals surface area contributed by atoms with Crippen molar-refractivity contribution in [2.75, 3.05) is 17.3 Å². The van der Waals surface area contributed by atoms with Crippen LogP contribution in [0.2, 0.25) is 0 Å². The van der Waals surface area contributed by atoms with Gasteiger partial charge in [-0.2, -0.15) is 0 Å². The first-order valence-corrected chi connectivity index (χ1v) is 10.3. The van der Waals surface area contributed by atoms with Crippen molar-refractivity contribution < 1.29 is 4.79 Å². The van der Waals surface area contributed by atoms with Crippen LogP contribution in [-0.4, -0.2) is 13.0 Å². The first kappa shape index (κ1) is 18.8. The lowest BCUT2D eigenvalue weighted by Crippen LogP contribution is -2.45. The molecule has 1 aliphatic rings. The molecule has 1 N–H and O–H groups in total. The summed E-state index contributed by atoms with van der Waals surface area (Å²) in [7, 11) is 1.88. The summed E-state index contributed by atoms with van der Waals surface area (Å²) in [6.07, 6.45) is 0.705. The van der Waals surface area contributed by atoms with Crippen molar-refractivity contribution in [2.45, 2.75) is 24.8 Å². The van der Waals surface area contributed by atoms with Gasteiger partial charge in [-0.1, -0.05) is 71.4 Å². The van der Waals surface area contributed by atoms with Crippen LogP contribution < -0.4 is 10.2 Å². The number of amides is 1. The molecule has 4 heteroatoms. The molecule has 0 saturated carbocycles. The van der Waals surface area contributed by atoms with Crippen LogP contribution in [0.4, 0.5) is 11.4 Å². The molecule has 0 unspecified atom stereocenters. The molecule has 3 aromatic carbocycles. The standard InChI is InChI=1S/C24H23BrN2O/c1-3-24(20-11-7-8-12-21(20)27(2)23(24)28)22(17-9-5-4-6-10-17)26-19-15-13-18(25)14-16-19/h4-16,22,26H,3H2,1-2H3/t22-,24+/m0/s1. The van der Waals surface area contributed by atoms with Crippen molar-refractivity contribution in [1.82, 2.24) is 0 Å². The summed E-state index contributed by atoms with van der Waals surface area (Å²) >= 11 is 3.50. The van der Waals surface area contributed by atoms with E-state index in [0.29, 0.717) is 6.42 Å². The average molecular weight is 435 g/mol. The third-order valence-corrected chi connectivity index (χ3v) is 6.30. The summed E-state index contributed by atoms with van der Waals surface area (Å²) in [5.74, 6) is 0.134. The van der Waals surface area contributed by atoms with Gasteiger partial charge in [-0.25, -0.2) is 0 Å². The van der Waals surface area contributed by atoms with Crippen molar-refractivity contribution in [2.24, 2.45) is 0 Å². The molecule has 142 valence electrons. The lowest BCUT2D eigenvalue weighted by atomic mass is 9.70. The Morgan fingerprint density at radius 1 is 0.964 bits per heavy atom. The zero-order chi connectivity index (χ0) is 19.7. The number of carbonyl (C=O) groups is 1. The second-order valence-electron chi connectivity index (χ2n) is 7.20. The molecule has 28 heavy (non-hydrogen) atoms. The molecule has 0 bridgehead atoms. The lowest BCUT2D eigenvalue weighted by Gasteiger charge is -2.37. The number of halogens is 1. The number of hydrogen-bond acceptors (Lipinski definition) is 2. The molecule has 1 aliphatic heterocycles. The van der Waals surface area contributed by atoms with Crippen molar-refractivity contribution in [3.8, 4) is 0 Å². The normalized spacial score (nSPS) is 19.4. The summed E-state index contributed by atoms with van der Waals surface area (Å²) in [4.78, 5) is 15.5. The summed E-state index contributed by atoms with van der Waals surface area (Å²) in [5, 5.41) is 3.68. The number of rotatable bonds is 5. The van der Waals surface area contributed by atoms with Gasteiger partial charge < -0.3 is 10.2 Å². The van der Waals surface area contributed by atoms with E-state index in [1.807, 2.05) is 67.7 Å². The molecule has 3 nitrogen and oxygen atoms in total. The van der Waals surface area contributed by atoms with Crippen molar-refractivity contribution in [3.05, 3.63) is 94.5 Å². The molecule has 2 atom stereocenters. The summed E-state index contributed by atoms with van der Waals surface area (Å²) in [6.45, 7) is 2.10. The minimum absolute atomic E-state index is 0.134. The van der Waals surface area contributed by atoms with Gasteiger partial charge >= 0.3 is 0 Å². The number of anilines is 2.